The summed E-state index contributed by atoms with van der Waals surface area (Å²) in [5.74, 6) is -1.19. The van der Waals surface area contributed by atoms with Crippen molar-refractivity contribution < 1.29 is 28.5 Å². The van der Waals surface area contributed by atoms with Crippen molar-refractivity contribution >= 4 is 11.9 Å². The van der Waals surface area contributed by atoms with Gasteiger partial charge in [0.25, 0.3) is 0 Å². The summed E-state index contributed by atoms with van der Waals surface area (Å²) in [6, 6.07) is 3.10. The van der Waals surface area contributed by atoms with E-state index in [0.29, 0.717) is 35.3 Å². The summed E-state index contributed by atoms with van der Waals surface area (Å²) in [5.41, 5.74) is 5.79. The Hall–Kier alpha value is -2.44. The summed E-state index contributed by atoms with van der Waals surface area (Å²) in [6.07, 6.45) is 1.97. The lowest BCUT2D eigenvalue weighted by Gasteiger charge is -2.20. The van der Waals surface area contributed by atoms with E-state index in [9.17, 15) is 9.59 Å². The average Bonchev–Trinajstić information content (AvgIpc) is 3.37. The van der Waals surface area contributed by atoms with E-state index in [1.54, 1.807) is 12.1 Å². The van der Waals surface area contributed by atoms with Crippen LogP contribution >= 0.6 is 0 Å². The van der Waals surface area contributed by atoms with Crippen molar-refractivity contribution in [2.75, 3.05) is 20.8 Å². The summed E-state index contributed by atoms with van der Waals surface area (Å²) < 4.78 is 21.6. The minimum atomic E-state index is -1.23. The van der Waals surface area contributed by atoms with Crippen molar-refractivity contribution in [3.8, 4) is 17.2 Å². The lowest BCUT2D eigenvalue weighted by atomic mass is 9.97. The second-order valence-electron chi connectivity index (χ2n) is 6.33. The lowest BCUT2D eigenvalue weighted by Crippen LogP contribution is -2.30. The van der Waals surface area contributed by atoms with Crippen molar-refractivity contribution in [3.05, 3.63) is 17.7 Å². The van der Waals surface area contributed by atoms with E-state index in [4.69, 9.17) is 24.7 Å². The molecule has 1 aromatic carbocycles. The Morgan fingerprint density at radius 1 is 1.16 bits per heavy atom. The van der Waals surface area contributed by atoms with Crippen molar-refractivity contribution in [2.24, 2.45) is 11.7 Å². The van der Waals surface area contributed by atoms with Crippen molar-refractivity contribution in [1.82, 2.24) is 0 Å². The fourth-order valence-electron chi connectivity index (χ4n) is 2.40. The van der Waals surface area contributed by atoms with E-state index in [2.05, 4.69) is 0 Å². The van der Waals surface area contributed by atoms with Gasteiger partial charge in [0.1, 0.15) is 0 Å². The van der Waals surface area contributed by atoms with Gasteiger partial charge in [0.15, 0.2) is 17.4 Å². The molecule has 7 heteroatoms. The first kappa shape index (κ1) is 18.9. The molecule has 0 spiro atoms. The van der Waals surface area contributed by atoms with Gasteiger partial charge in [0.05, 0.1) is 26.9 Å². The van der Waals surface area contributed by atoms with Crippen LogP contribution in [0, 0.1) is 5.92 Å². The molecule has 1 amide bonds. The SMILES string of the molecule is COc1cc(C(C(N)=O)C(=O)OCC2CC2)cc(OC)c1OC(C)C. The Kier molecular flexibility index (Phi) is 6.12. The summed E-state index contributed by atoms with van der Waals surface area (Å²) in [7, 11) is 2.94. The predicted molar refractivity (Wildman–Crippen MR) is 90.9 cm³/mol. The summed E-state index contributed by atoms with van der Waals surface area (Å²) >= 11 is 0. The molecular formula is C18H25NO6. The number of ether oxygens (including phenoxy) is 4. The summed E-state index contributed by atoms with van der Waals surface area (Å²) in [6.45, 7) is 4.05. The number of rotatable bonds is 9. The van der Waals surface area contributed by atoms with Crippen molar-refractivity contribution in [3.63, 3.8) is 0 Å². The molecule has 0 saturated heterocycles. The van der Waals surface area contributed by atoms with Gasteiger partial charge in [-0.15, -0.1) is 0 Å². The van der Waals surface area contributed by atoms with Crippen LogP contribution in [-0.4, -0.2) is 38.8 Å². The number of hydrogen-bond acceptors (Lipinski definition) is 6. The molecule has 0 bridgehead atoms. The Balaban J connectivity index is 2.35. The smallest absolute Gasteiger partial charge is 0.323 e. The average molecular weight is 351 g/mol. The second-order valence-corrected chi connectivity index (χ2v) is 6.33. The minimum Gasteiger partial charge on any atom is -0.493 e. The predicted octanol–water partition coefficient (Wildman–Crippen LogP) is 2.01. The van der Waals surface area contributed by atoms with E-state index < -0.39 is 17.8 Å². The molecule has 1 unspecified atom stereocenters. The molecule has 138 valence electrons. The maximum atomic E-state index is 12.3. The standard InChI is InChI=1S/C18H25NO6/c1-10(2)25-16-13(22-3)7-12(8-14(16)23-4)15(17(19)20)18(21)24-9-11-5-6-11/h7-8,10-11,15H,5-6,9H2,1-4H3,(H2,19,20). The topological polar surface area (TPSA) is 97.1 Å². The first-order valence-corrected chi connectivity index (χ1v) is 8.25. The van der Waals surface area contributed by atoms with Gasteiger partial charge in [-0.05, 0) is 50.3 Å². The first-order valence-electron chi connectivity index (χ1n) is 8.25. The van der Waals surface area contributed by atoms with Crippen LogP contribution in [0.25, 0.3) is 0 Å². The Morgan fingerprint density at radius 2 is 1.72 bits per heavy atom. The Labute approximate surface area is 147 Å². The zero-order valence-electron chi connectivity index (χ0n) is 15.0. The maximum Gasteiger partial charge on any atom is 0.323 e. The second kappa shape index (κ2) is 8.09. The Morgan fingerprint density at radius 3 is 2.12 bits per heavy atom. The number of nitrogens with two attached hydrogens (primary N) is 1. The molecule has 25 heavy (non-hydrogen) atoms. The Bertz CT molecular complexity index is 613. The zero-order chi connectivity index (χ0) is 18.6. The third kappa shape index (κ3) is 4.78. The molecule has 0 radical (unpaired) electrons. The van der Waals surface area contributed by atoms with Crippen LogP contribution in [0.2, 0.25) is 0 Å². The monoisotopic (exact) mass is 351 g/mol. The number of benzene rings is 1. The van der Waals surface area contributed by atoms with E-state index >= 15 is 0 Å². The largest absolute Gasteiger partial charge is 0.493 e. The normalized spacial score (nSPS) is 14.8. The fraction of sp³-hybridized carbons (Fsp3) is 0.556. The highest BCUT2D eigenvalue weighted by Crippen LogP contribution is 2.41. The number of esters is 1. The van der Waals surface area contributed by atoms with Crippen LogP contribution in [0.3, 0.4) is 0 Å². The molecule has 7 nitrogen and oxygen atoms in total. The number of carbonyl (C=O) groups is 2. The highest BCUT2D eigenvalue weighted by molar-refractivity contribution is 6.02. The maximum absolute atomic E-state index is 12.3. The number of hydrogen-bond donors (Lipinski definition) is 1. The molecule has 2 rings (SSSR count). The fourth-order valence-corrected chi connectivity index (χ4v) is 2.40. The van der Waals surface area contributed by atoms with Crippen LogP contribution in [-0.2, 0) is 14.3 Å². The molecule has 0 aromatic heterocycles. The van der Waals surface area contributed by atoms with E-state index in [0.717, 1.165) is 12.8 Å². The molecule has 1 aromatic rings. The van der Waals surface area contributed by atoms with E-state index in [1.807, 2.05) is 13.8 Å². The number of amides is 1. The minimum absolute atomic E-state index is 0.107. The lowest BCUT2D eigenvalue weighted by molar-refractivity contribution is -0.148. The molecule has 2 N–H and O–H groups in total. The van der Waals surface area contributed by atoms with E-state index in [-0.39, 0.29) is 6.10 Å². The third-order valence-corrected chi connectivity index (χ3v) is 3.85. The van der Waals surface area contributed by atoms with Gasteiger partial charge in [0, 0.05) is 0 Å². The van der Waals surface area contributed by atoms with Crippen molar-refractivity contribution in [1.29, 1.82) is 0 Å². The molecular weight excluding hydrogens is 326 g/mol. The summed E-state index contributed by atoms with van der Waals surface area (Å²) in [5, 5.41) is 0. The zero-order valence-corrected chi connectivity index (χ0v) is 15.0. The van der Waals surface area contributed by atoms with Crippen LogP contribution in [0.15, 0.2) is 12.1 Å². The van der Waals surface area contributed by atoms with Gasteiger partial charge in [-0.2, -0.15) is 0 Å². The molecule has 1 aliphatic rings. The molecule has 0 heterocycles. The van der Waals surface area contributed by atoms with Gasteiger partial charge in [0.2, 0.25) is 11.7 Å². The van der Waals surface area contributed by atoms with Crippen LogP contribution in [0.4, 0.5) is 0 Å². The quantitative estimate of drug-likeness (QED) is 0.540. The molecule has 1 aliphatic carbocycles. The summed E-state index contributed by atoms with van der Waals surface area (Å²) in [4.78, 5) is 24.2. The molecule has 1 fully saturated rings. The van der Waals surface area contributed by atoms with E-state index in [1.165, 1.54) is 14.2 Å². The van der Waals surface area contributed by atoms with Gasteiger partial charge in [-0.1, -0.05) is 0 Å². The van der Waals surface area contributed by atoms with Gasteiger partial charge in [-0.25, -0.2) is 0 Å². The van der Waals surface area contributed by atoms with Gasteiger partial charge >= 0.3 is 5.97 Å². The number of carbonyl (C=O) groups excluding carboxylic acids is 2. The molecule has 0 aliphatic heterocycles. The first-order chi connectivity index (χ1) is 11.9. The van der Waals surface area contributed by atoms with Gasteiger partial charge in [-0.3, -0.25) is 9.59 Å². The van der Waals surface area contributed by atoms with Crippen LogP contribution in [0.5, 0.6) is 17.2 Å². The van der Waals surface area contributed by atoms with Gasteiger partial charge < -0.3 is 24.7 Å². The third-order valence-electron chi connectivity index (χ3n) is 3.85. The van der Waals surface area contributed by atoms with Crippen molar-refractivity contribution in [2.45, 2.75) is 38.7 Å². The van der Waals surface area contributed by atoms with Crippen LogP contribution < -0.4 is 19.9 Å². The highest BCUT2D eigenvalue weighted by atomic mass is 16.5. The number of primary amides is 1. The van der Waals surface area contributed by atoms with Crippen LogP contribution in [0.1, 0.15) is 38.2 Å². The molecule has 1 atom stereocenters. The molecule has 1 saturated carbocycles. The number of methoxy groups -OCH3 is 2. The highest BCUT2D eigenvalue weighted by Gasteiger charge is 2.32.